The highest BCUT2D eigenvalue weighted by Gasteiger charge is 2.24. The second-order valence-electron chi connectivity index (χ2n) is 5.87. The zero-order valence-electron chi connectivity index (χ0n) is 12.8. The van der Waals surface area contributed by atoms with Crippen molar-refractivity contribution in [2.24, 2.45) is 7.05 Å². The van der Waals surface area contributed by atoms with Crippen LogP contribution in [0.5, 0.6) is 0 Å². The Hall–Kier alpha value is -2.44. The van der Waals surface area contributed by atoms with Gasteiger partial charge in [-0.25, -0.2) is 9.97 Å². The van der Waals surface area contributed by atoms with Gasteiger partial charge in [-0.05, 0) is 25.8 Å². The van der Waals surface area contributed by atoms with E-state index in [2.05, 4.69) is 36.2 Å². The smallest absolute Gasteiger partial charge is 0.163 e. The average molecular weight is 297 g/mol. The van der Waals surface area contributed by atoms with Crippen LogP contribution in [0.2, 0.25) is 0 Å². The van der Waals surface area contributed by atoms with Gasteiger partial charge in [0.15, 0.2) is 5.65 Å². The van der Waals surface area contributed by atoms with Crippen LogP contribution in [0.25, 0.3) is 11.0 Å². The number of fused-ring (bicyclic) bond motifs is 1. The minimum absolute atomic E-state index is 0.561. The normalized spacial score (nSPS) is 16.5. The van der Waals surface area contributed by atoms with Gasteiger partial charge in [0.05, 0.1) is 11.6 Å². The van der Waals surface area contributed by atoms with Crippen molar-refractivity contribution in [3.05, 3.63) is 30.0 Å². The summed E-state index contributed by atoms with van der Waals surface area (Å²) >= 11 is 0. The Kier molecular flexibility index (Phi) is 3.06. The summed E-state index contributed by atoms with van der Waals surface area (Å²) < 4.78 is 1.81. The van der Waals surface area contributed by atoms with E-state index in [9.17, 15) is 0 Å². The third-order valence-electron chi connectivity index (χ3n) is 4.44. The monoisotopic (exact) mass is 297 g/mol. The summed E-state index contributed by atoms with van der Waals surface area (Å²) in [6.45, 7) is 3.92. The van der Waals surface area contributed by atoms with Gasteiger partial charge in [-0.1, -0.05) is 0 Å². The molecule has 3 aromatic heterocycles. The van der Waals surface area contributed by atoms with Gasteiger partial charge in [-0.15, -0.1) is 0 Å². The molecule has 0 saturated carbocycles. The molecule has 4 heterocycles. The Morgan fingerprint density at radius 3 is 2.77 bits per heavy atom. The number of nitrogens with one attached hydrogen (secondary N) is 1. The van der Waals surface area contributed by atoms with E-state index in [4.69, 9.17) is 0 Å². The first-order valence-corrected chi connectivity index (χ1v) is 7.63. The van der Waals surface area contributed by atoms with Crippen molar-refractivity contribution in [2.75, 3.05) is 18.0 Å². The zero-order chi connectivity index (χ0) is 15.1. The molecule has 0 amide bonds. The van der Waals surface area contributed by atoms with Crippen LogP contribution < -0.4 is 4.90 Å². The number of aryl methyl sites for hydroxylation is 2. The standard InChI is InChI=1S/C15H19N7/c1-10-18-14-12(9-17-21(14)2)15(19-10)22-7-4-11(5-8-22)13-3-6-16-20-13/h3,6,9,11H,4-5,7-8H2,1-2H3,(H,16,20). The summed E-state index contributed by atoms with van der Waals surface area (Å²) in [5.41, 5.74) is 2.14. The summed E-state index contributed by atoms with van der Waals surface area (Å²) in [6.07, 6.45) is 5.90. The van der Waals surface area contributed by atoms with Crippen LogP contribution in [0.15, 0.2) is 18.5 Å². The van der Waals surface area contributed by atoms with Crippen molar-refractivity contribution in [1.29, 1.82) is 0 Å². The fourth-order valence-corrected chi connectivity index (χ4v) is 3.25. The molecular formula is C15H19N7. The van der Waals surface area contributed by atoms with Gasteiger partial charge >= 0.3 is 0 Å². The maximum absolute atomic E-state index is 4.67. The highest BCUT2D eigenvalue weighted by molar-refractivity contribution is 5.87. The van der Waals surface area contributed by atoms with Crippen molar-refractivity contribution in [1.82, 2.24) is 29.9 Å². The lowest BCUT2D eigenvalue weighted by Crippen LogP contribution is -2.34. The van der Waals surface area contributed by atoms with Crippen LogP contribution in [0.1, 0.15) is 30.3 Å². The highest BCUT2D eigenvalue weighted by Crippen LogP contribution is 2.31. The summed E-state index contributed by atoms with van der Waals surface area (Å²) in [4.78, 5) is 11.5. The molecule has 1 N–H and O–H groups in total. The second kappa shape index (κ2) is 5.08. The summed E-state index contributed by atoms with van der Waals surface area (Å²) in [6, 6.07) is 2.08. The average Bonchev–Trinajstić information content (AvgIpc) is 3.18. The molecule has 3 aromatic rings. The van der Waals surface area contributed by atoms with E-state index in [1.54, 1.807) is 0 Å². The largest absolute Gasteiger partial charge is 0.356 e. The Balaban J connectivity index is 1.61. The molecule has 1 fully saturated rings. The van der Waals surface area contributed by atoms with Crippen LogP contribution >= 0.6 is 0 Å². The lowest BCUT2D eigenvalue weighted by atomic mass is 9.93. The maximum Gasteiger partial charge on any atom is 0.163 e. The van der Waals surface area contributed by atoms with Crippen LogP contribution in [0, 0.1) is 6.92 Å². The number of anilines is 1. The molecule has 7 nitrogen and oxygen atoms in total. The topological polar surface area (TPSA) is 75.5 Å². The van der Waals surface area contributed by atoms with Gasteiger partial charge in [0.1, 0.15) is 11.6 Å². The van der Waals surface area contributed by atoms with E-state index < -0.39 is 0 Å². The number of rotatable bonds is 2. The van der Waals surface area contributed by atoms with Crippen LogP contribution in [-0.2, 0) is 7.05 Å². The van der Waals surface area contributed by atoms with E-state index in [1.807, 2.05) is 31.0 Å². The number of hydrogen-bond donors (Lipinski definition) is 1. The molecular weight excluding hydrogens is 278 g/mol. The number of aromatic amines is 1. The molecule has 4 rings (SSSR count). The number of nitrogens with zero attached hydrogens (tertiary/aromatic N) is 6. The van der Waals surface area contributed by atoms with E-state index in [0.29, 0.717) is 5.92 Å². The predicted octanol–water partition coefficient (Wildman–Crippen LogP) is 1.78. The van der Waals surface area contributed by atoms with Crippen molar-refractivity contribution >= 4 is 16.9 Å². The summed E-state index contributed by atoms with van der Waals surface area (Å²) in [5.74, 6) is 2.37. The van der Waals surface area contributed by atoms with E-state index in [-0.39, 0.29) is 0 Å². The molecule has 114 valence electrons. The lowest BCUT2D eigenvalue weighted by Gasteiger charge is -2.32. The molecule has 0 radical (unpaired) electrons. The number of hydrogen-bond acceptors (Lipinski definition) is 5. The van der Waals surface area contributed by atoms with Crippen LogP contribution in [0.4, 0.5) is 5.82 Å². The molecule has 1 saturated heterocycles. The fraction of sp³-hybridized carbons (Fsp3) is 0.467. The Bertz CT molecular complexity index is 782. The minimum atomic E-state index is 0.561. The molecule has 0 spiro atoms. The third-order valence-corrected chi connectivity index (χ3v) is 4.44. The molecule has 0 atom stereocenters. The van der Waals surface area contributed by atoms with Crippen molar-refractivity contribution in [3.63, 3.8) is 0 Å². The molecule has 0 unspecified atom stereocenters. The second-order valence-corrected chi connectivity index (χ2v) is 5.87. The predicted molar refractivity (Wildman–Crippen MR) is 83.8 cm³/mol. The molecule has 0 aromatic carbocycles. The van der Waals surface area contributed by atoms with Gasteiger partial charge in [-0.3, -0.25) is 9.78 Å². The third kappa shape index (κ3) is 2.13. The summed E-state index contributed by atoms with van der Waals surface area (Å²) in [5, 5.41) is 12.5. The molecule has 1 aliphatic heterocycles. The zero-order valence-corrected chi connectivity index (χ0v) is 12.8. The van der Waals surface area contributed by atoms with Crippen molar-refractivity contribution < 1.29 is 0 Å². The number of H-pyrrole nitrogens is 1. The number of aromatic nitrogens is 6. The Morgan fingerprint density at radius 2 is 2.05 bits per heavy atom. The first kappa shape index (κ1) is 13.2. The van der Waals surface area contributed by atoms with Crippen LogP contribution in [-0.4, -0.2) is 43.0 Å². The molecule has 0 bridgehead atoms. The Morgan fingerprint density at radius 1 is 1.23 bits per heavy atom. The first-order valence-electron chi connectivity index (χ1n) is 7.63. The van der Waals surface area contributed by atoms with Crippen molar-refractivity contribution in [2.45, 2.75) is 25.7 Å². The van der Waals surface area contributed by atoms with Gasteiger partial charge in [0, 0.05) is 37.9 Å². The van der Waals surface area contributed by atoms with E-state index >= 15 is 0 Å². The fourth-order valence-electron chi connectivity index (χ4n) is 3.25. The van der Waals surface area contributed by atoms with Gasteiger partial charge < -0.3 is 4.90 Å². The first-order chi connectivity index (χ1) is 10.7. The molecule has 0 aliphatic carbocycles. The minimum Gasteiger partial charge on any atom is -0.356 e. The molecule has 1 aliphatic rings. The van der Waals surface area contributed by atoms with Crippen LogP contribution in [0.3, 0.4) is 0 Å². The quantitative estimate of drug-likeness (QED) is 0.780. The SMILES string of the molecule is Cc1nc(N2CCC(c3ccn[nH]3)CC2)c2cnn(C)c2n1. The summed E-state index contributed by atoms with van der Waals surface area (Å²) in [7, 11) is 1.92. The maximum atomic E-state index is 4.67. The number of piperidine rings is 1. The highest BCUT2D eigenvalue weighted by atomic mass is 15.3. The van der Waals surface area contributed by atoms with E-state index in [0.717, 1.165) is 48.6 Å². The van der Waals surface area contributed by atoms with Crippen molar-refractivity contribution in [3.8, 4) is 0 Å². The van der Waals surface area contributed by atoms with Gasteiger partial charge in [0.2, 0.25) is 0 Å². The Labute approximate surface area is 128 Å². The van der Waals surface area contributed by atoms with Gasteiger partial charge in [0.25, 0.3) is 0 Å². The lowest BCUT2D eigenvalue weighted by molar-refractivity contribution is 0.493. The molecule has 7 heteroatoms. The van der Waals surface area contributed by atoms with Gasteiger partial charge in [-0.2, -0.15) is 10.2 Å². The van der Waals surface area contributed by atoms with E-state index in [1.165, 1.54) is 5.69 Å². The molecule has 22 heavy (non-hydrogen) atoms.